The Hall–Kier alpha value is -3.25. The summed E-state index contributed by atoms with van der Waals surface area (Å²) in [5.41, 5.74) is 3.87. The number of benzene rings is 2. The SMILES string of the molecule is C.Cc1cc2c(s1)n(Cc1ccc(-c3ccccc3)cc1)c(=O)n1ncnc21. The summed E-state index contributed by atoms with van der Waals surface area (Å²) in [4.78, 5) is 19.3. The number of rotatable bonds is 3. The van der Waals surface area contributed by atoms with Gasteiger partial charge < -0.3 is 0 Å². The van der Waals surface area contributed by atoms with Crippen LogP contribution in [0.3, 0.4) is 0 Å². The van der Waals surface area contributed by atoms with Crippen LogP contribution in [-0.2, 0) is 6.54 Å². The lowest BCUT2D eigenvalue weighted by Gasteiger charge is -2.09. The number of thiophene rings is 1. The van der Waals surface area contributed by atoms with E-state index in [4.69, 9.17) is 0 Å². The number of hydrogen-bond donors (Lipinski definition) is 0. The normalized spacial score (nSPS) is 11.0. The highest BCUT2D eigenvalue weighted by Crippen LogP contribution is 2.27. The van der Waals surface area contributed by atoms with Crippen molar-refractivity contribution in [3.8, 4) is 11.1 Å². The smallest absolute Gasteiger partial charge is 0.278 e. The third-order valence-corrected chi connectivity index (χ3v) is 5.76. The minimum atomic E-state index is -0.163. The van der Waals surface area contributed by atoms with E-state index in [1.165, 1.54) is 16.4 Å². The molecule has 0 aliphatic heterocycles. The molecule has 0 saturated carbocycles. The minimum Gasteiger partial charge on any atom is -0.278 e. The van der Waals surface area contributed by atoms with Crippen LogP contribution in [0.15, 0.2) is 71.8 Å². The summed E-state index contributed by atoms with van der Waals surface area (Å²) in [7, 11) is 0. The second-order valence-electron chi connectivity index (χ2n) is 6.50. The van der Waals surface area contributed by atoms with Crippen LogP contribution in [-0.4, -0.2) is 19.2 Å². The lowest BCUT2D eigenvalue weighted by atomic mass is 10.0. The van der Waals surface area contributed by atoms with Crippen molar-refractivity contribution < 1.29 is 0 Å². The van der Waals surface area contributed by atoms with Crippen LogP contribution in [0.4, 0.5) is 0 Å². The van der Waals surface area contributed by atoms with Gasteiger partial charge in [0.2, 0.25) is 0 Å². The minimum absolute atomic E-state index is 0. The zero-order valence-electron chi connectivity index (χ0n) is 14.7. The molecule has 0 N–H and O–H groups in total. The van der Waals surface area contributed by atoms with E-state index in [0.29, 0.717) is 12.2 Å². The average molecular weight is 388 g/mol. The summed E-state index contributed by atoms with van der Waals surface area (Å²) in [6, 6.07) is 20.7. The number of aryl methyl sites for hydroxylation is 1. The molecule has 5 rings (SSSR count). The Balaban J connectivity index is 0.00000192. The second-order valence-corrected chi connectivity index (χ2v) is 7.74. The molecular weight excluding hydrogens is 368 g/mol. The standard InChI is InChI=1S/C21H16N4OS.CH4/c1-14-11-18-19-22-13-23-25(19)21(26)24(20(18)27-14)12-15-7-9-17(10-8-15)16-5-3-2-4-6-16;/h2-11,13H,12H2,1H3;1H4. The highest BCUT2D eigenvalue weighted by Gasteiger charge is 2.15. The Bertz CT molecular complexity index is 1310. The fraction of sp³-hybridized carbons (Fsp3) is 0.136. The molecule has 0 fully saturated rings. The molecule has 0 spiro atoms. The van der Waals surface area contributed by atoms with Crippen molar-refractivity contribution in [2.24, 2.45) is 0 Å². The van der Waals surface area contributed by atoms with Crippen LogP contribution in [0.25, 0.3) is 27.0 Å². The monoisotopic (exact) mass is 388 g/mol. The van der Waals surface area contributed by atoms with Crippen LogP contribution in [0.1, 0.15) is 17.9 Å². The quantitative estimate of drug-likeness (QED) is 0.447. The summed E-state index contributed by atoms with van der Waals surface area (Å²) >= 11 is 1.61. The molecule has 6 heteroatoms. The van der Waals surface area contributed by atoms with Gasteiger partial charge in [-0.2, -0.15) is 9.61 Å². The lowest BCUT2D eigenvalue weighted by Crippen LogP contribution is -2.27. The number of fused-ring (bicyclic) bond motifs is 3. The maximum absolute atomic E-state index is 12.9. The van der Waals surface area contributed by atoms with E-state index < -0.39 is 0 Å². The van der Waals surface area contributed by atoms with Crippen molar-refractivity contribution >= 4 is 27.2 Å². The molecule has 3 aromatic heterocycles. The molecule has 0 atom stereocenters. The van der Waals surface area contributed by atoms with Gasteiger partial charge in [0.1, 0.15) is 11.2 Å². The Morgan fingerprint density at radius 3 is 2.46 bits per heavy atom. The van der Waals surface area contributed by atoms with Gasteiger partial charge in [0.05, 0.1) is 11.9 Å². The van der Waals surface area contributed by atoms with Gasteiger partial charge in [-0.15, -0.1) is 11.3 Å². The summed E-state index contributed by atoms with van der Waals surface area (Å²) in [6.45, 7) is 2.54. The van der Waals surface area contributed by atoms with E-state index >= 15 is 0 Å². The number of nitrogens with zero attached hydrogens (tertiary/aromatic N) is 4. The van der Waals surface area contributed by atoms with Crippen molar-refractivity contribution in [3.05, 3.63) is 87.9 Å². The number of hydrogen-bond acceptors (Lipinski definition) is 4. The predicted molar refractivity (Wildman–Crippen MR) is 115 cm³/mol. The van der Waals surface area contributed by atoms with Crippen LogP contribution in [0.2, 0.25) is 0 Å². The molecule has 0 radical (unpaired) electrons. The Labute approximate surface area is 166 Å². The van der Waals surface area contributed by atoms with E-state index in [2.05, 4.69) is 52.5 Å². The second kappa shape index (κ2) is 7.05. The molecule has 0 bridgehead atoms. The largest absolute Gasteiger partial charge is 0.352 e. The predicted octanol–water partition coefficient (Wildman–Crippen LogP) is 4.77. The molecule has 0 aliphatic rings. The van der Waals surface area contributed by atoms with Gasteiger partial charge in [-0.25, -0.2) is 9.78 Å². The maximum atomic E-state index is 12.9. The van der Waals surface area contributed by atoms with Gasteiger partial charge in [0.15, 0.2) is 5.65 Å². The summed E-state index contributed by atoms with van der Waals surface area (Å²) in [6.07, 6.45) is 1.43. The van der Waals surface area contributed by atoms with Gasteiger partial charge in [-0.3, -0.25) is 4.57 Å². The molecular formula is C22H20N4OS. The first-order chi connectivity index (χ1) is 13.2. The lowest BCUT2D eigenvalue weighted by molar-refractivity contribution is 0.720. The first-order valence-corrected chi connectivity index (χ1v) is 9.49. The Morgan fingerprint density at radius 1 is 1.00 bits per heavy atom. The molecule has 3 heterocycles. The summed E-state index contributed by atoms with van der Waals surface area (Å²) < 4.78 is 3.17. The Kier molecular flexibility index (Phi) is 4.57. The molecule has 0 saturated heterocycles. The summed E-state index contributed by atoms with van der Waals surface area (Å²) in [5.74, 6) is 0. The van der Waals surface area contributed by atoms with Gasteiger partial charge >= 0.3 is 5.69 Å². The molecule has 140 valence electrons. The van der Waals surface area contributed by atoms with Crippen molar-refractivity contribution in [3.63, 3.8) is 0 Å². The van der Waals surface area contributed by atoms with Crippen LogP contribution < -0.4 is 5.69 Å². The highest BCUT2D eigenvalue weighted by molar-refractivity contribution is 7.18. The third-order valence-electron chi connectivity index (χ3n) is 4.68. The first kappa shape index (κ1) is 18.1. The van der Waals surface area contributed by atoms with Crippen molar-refractivity contribution in [1.82, 2.24) is 19.2 Å². The highest BCUT2D eigenvalue weighted by atomic mass is 32.1. The Morgan fingerprint density at radius 2 is 1.71 bits per heavy atom. The topological polar surface area (TPSA) is 52.2 Å². The van der Waals surface area contributed by atoms with Crippen LogP contribution in [0.5, 0.6) is 0 Å². The van der Waals surface area contributed by atoms with E-state index in [9.17, 15) is 4.79 Å². The average Bonchev–Trinajstić information content (AvgIpc) is 3.33. The van der Waals surface area contributed by atoms with E-state index in [1.807, 2.05) is 25.1 Å². The van der Waals surface area contributed by atoms with E-state index in [0.717, 1.165) is 26.2 Å². The van der Waals surface area contributed by atoms with Crippen molar-refractivity contribution in [1.29, 1.82) is 0 Å². The number of aromatic nitrogens is 4. The van der Waals surface area contributed by atoms with Crippen LogP contribution >= 0.6 is 11.3 Å². The fourth-order valence-corrected chi connectivity index (χ4v) is 4.38. The zero-order chi connectivity index (χ0) is 18.4. The molecule has 0 amide bonds. The molecule has 5 nitrogen and oxygen atoms in total. The van der Waals surface area contributed by atoms with Crippen LogP contribution in [0, 0.1) is 6.92 Å². The van der Waals surface area contributed by atoms with Crippen molar-refractivity contribution in [2.75, 3.05) is 0 Å². The van der Waals surface area contributed by atoms with Gasteiger partial charge in [0, 0.05) is 4.88 Å². The van der Waals surface area contributed by atoms with E-state index in [-0.39, 0.29) is 13.1 Å². The molecule has 5 aromatic rings. The zero-order valence-corrected chi connectivity index (χ0v) is 15.5. The van der Waals surface area contributed by atoms with E-state index in [1.54, 1.807) is 15.9 Å². The summed E-state index contributed by atoms with van der Waals surface area (Å²) in [5, 5.41) is 5.08. The van der Waals surface area contributed by atoms with Gasteiger partial charge in [-0.1, -0.05) is 62.0 Å². The molecule has 0 unspecified atom stereocenters. The molecule has 28 heavy (non-hydrogen) atoms. The van der Waals surface area contributed by atoms with Gasteiger partial charge in [0.25, 0.3) is 0 Å². The fourth-order valence-electron chi connectivity index (χ4n) is 3.38. The maximum Gasteiger partial charge on any atom is 0.352 e. The molecule has 2 aromatic carbocycles. The third kappa shape index (κ3) is 2.92. The molecule has 0 aliphatic carbocycles. The first-order valence-electron chi connectivity index (χ1n) is 8.68. The van der Waals surface area contributed by atoms with Crippen molar-refractivity contribution in [2.45, 2.75) is 20.9 Å². The van der Waals surface area contributed by atoms with Gasteiger partial charge in [-0.05, 0) is 29.7 Å².